The summed E-state index contributed by atoms with van der Waals surface area (Å²) in [6.07, 6.45) is 1.63. The molecule has 0 atom stereocenters. The van der Waals surface area contributed by atoms with Gasteiger partial charge < -0.3 is 14.2 Å². The number of ketones is 1. The molecule has 0 aromatic heterocycles. The molecule has 5 nitrogen and oxygen atoms in total. The van der Waals surface area contributed by atoms with E-state index in [1.165, 1.54) is 36.4 Å². The number of ether oxygens (including phenoxy) is 3. The molecule has 0 saturated heterocycles. The molecule has 0 amide bonds. The molecule has 0 radical (unpaired) electrons. The summed E-state index contributed by atoms with van der Waals surface area (Å²) in [6.45, 7) is 2.47. The minimum atomic E-state index is -0.831. The van der Waals surface area contributed by atoms with Crippen molar-refractivity contribution in [1.82, 2.24) is 0 Å². The van der Waals surface area contributed by atoms with Crippen LogP contribution < -0.4 is 14.2 Å². The molecule has 0 aliphatic carbocycles. The summed E-state index contributed by atoms with van der Waals surface area (Å²) in [7, 11) is 0. The van der Waals surface area contributed by atoms with Gasteiger partial charge in [0, 0.05) is 6.07 Å². The Labute approximate surface area is 172 Å². The maximum Gasteiger partial charge on any atom is 0.346 e. The van der Waals surface area contributed by atoms with Gasteiger partial charge in [-0.3, -0.25) is 4.79 Å². The van der Waals surface area contributed by atoms with Gasteiger partial charge in [-0.05, 0) is 55.0 Å². The number of Topliss-reactive ketones (excluding diaryl/α,β-unsaturated/α-hetero) is 1. The Balaban J connectivity index is 1.52. The first kappa shape index (κ1) is 19.4. The molecule has 0 N–H and O–H groups in total. The van der Waals surface area contributed by atoms with E-state index in [0.717, 1.165) is 11.3 Å². The zero-order valence-corrected chi connectivity index (χ0v) is 16.1. The molecule has 0 saturated carbocycles. The number of halogens is 1. The van der Waals surface area contributed by atoms with Gasteiger partial charge in [0.05, 0.1) is 17.7 Å². The lowest BCUT2D eigenvalue weighted by Crippen LogP contribution is -2.10. The van der Waals surface area contributed by atoms with Crippen LogP contribution in [0.5, 0.6) is 17.2 Å². The minimum Gasteiger partial charge on any atom is -0.494 e. The molecule has 6 heteroatoms. The highest BCUT2D eigenvalue weighted by atomic mass is 19.1. The molecule has 1 aliphatic heterocycles. The van der Waals surface area contributed by atoms with Gasteiger partial charge in [-0.15, -0.1) is 0 Å². The Morgan fingerprint density at radius 3 is 2.50 bits per heavy atom. The molecular weight excluding hydrogens is 387 g/mol. The number of fused-ring (bicyclic) bond motifs is 1. The van der Waals surface area contributed by atoms with Gasteiger partial charge >= 0.3 is 5.97 Å². The summed E-state index contributed by atoms with van der Waals surface area (Å²) >= 11 is 0. The molecule has 150 valence electrons. The molecule has 0 unspecified atom stereocenters. The maximum atomic E-state index is 13.8. The fourth-order valence-electron chi connectivity index (χ4n) is 3.00. The summed E-state index contributed by atoms with van der Waals surface area (Å²) in [4.78, 5) is 24.8. The highest BCUT2D eigenvalue weighted by Gasteiger charge is 2.28. The van der Waals surface area contributed by atoms with E-state index in [1.54, 1.807) is 12.1 Å². The van der Waals surface area contributed by atoms with Crippen molar-refractivity contribution in [2.75, 3.05) is 6.61 Å². The van der Waals surface area contributed by atoms with Gasteiger partial charge in [0.15, 0.2) is 5.76 Å². The molecule has 30 heavy (non-hydrogen) atoms. The van der Waals surface area contributed by atoms with Gasteiger partial charge in [-0.2, -0.15) is 0 Å². The summed E-state index contributed by atoms with van der Waals surface area (Å²) in [6, 6.07) is 17.2. The molecule has 4 rings (SSSR count). The third kappa shape index (κ3) is 3.93. The van der Waals surface area contributed by atoms with E-state index < -0.39 is 11.8 Å². The van der Waals surface area contributed by atoms with E-state index in [-0.39, 0.29) is 28.6 Å². The van der Waals surface area contributed by atoms with Gasteiger partial charge in [0.25, 0.3) is 0 Å². The number of allylic oxidation sites excluding steroid dienone is 1. The van der Waals surface area contributed by atoms with Crippen LogP contribution in [0, 0.1) is 5.82 Å². The SMILES string of the molecule is CCOc1ccc(C=C2Oc3cc(OC(=O)c4ccccc4F)ccc3C2=O)cc1. The maximum absolute atomic E-state index is 13.8. The zero-order valence-electron chi connectivity index (χ0n) is 16.1. The molecule has 0 spiro atoms. The van der Waals surface area contributed by atoms with Gasteiger partial charge in [-0.1, -0.05) is 24.3 Å². The fraction of sp³-hybridized carbons (Fsp3) is 0.0833. The van der Waals surface area contributed by atoms with E-state index in [0.29, 0.717) is 12.2 Å². The molecule has 1 aliphatic rings. The van der Waals surface area contributed by atoms with Gasteiger partial charge in [-0.25, -0.2) is 9.18 Å². The predicted octanol–water partition coefficient (Wildman–Crippen LogP) is 5.06. The van der Waals surface area contributed by atoms with Crippen LogP contribution in [0.3, 0.4) is 0 Å². The first-order valence-corrected chi connectivity index (χ1v) is 9.33. The lowest BCUT2D eigenvalue weighted by atomic mass is 10.1. The number of esters is 1. The molecule has 0 bridgehead atoms. The largest absolute Gasteiger partial charge is 0.494 e. The van der Waals surface area contributed by atoms with E-state index >= 15 is 0 Å². The third-order valence-electron chi connectivity index (χ3n) is 4.43. The number of rotatable bonds is 5. The Morgan fingerprint density at radius 2 is 1.77 bits per heavy atom. The molecule has 3 aromatic carbocycles. The number of carbonyl (C=O) groups excluding carboxylic acids is 2. The second-order valence-corrected chi connectivity index (χ2v) is 6.47. The summed E-state index contributed by atoms with van der Waals surface area (Å²) in [5.74, 6) is -0.452. The van der Waals surface area contributed by atoms with E-state index in [4.69, 9.17) is 14.2 Å². The standard InChI is InChI=1S/C24H17FO5/c1-2-28-16-9-7-15(8-10-16)13-22-23(26)19-12-11-17(14-21(19)30-22)29-24(27)18-5-3-4-6-20(18)25/h3-14H,2H2,1H3. The van der Waals surface area contributed by atoms with Crippen molar-refractivity contribution in [1.29, 1.82) is 0 Å². The third-order valence-corrected chi connectivity index (χ3v) is 4.43. The van der Waals surface area contributed by atoms with Gasteiger partial charge in [0.2, 0.25) is 5.78 Å². The Morgan fingerprint density at radius 1 is 1.03 bits per heavy atom. The minimum absolute atomic E-state index is 0.150. The monoisotopic (exact) mass is 404 g/mol. The average molecular weight is 404 g/mol. The zero-order chi connectivity index (χ0) is 21.1. The van der Waals surface area contributed by atoms with Crippen LogP contribution in [0.25, 0.3) is 6.08 Å². The van der Waals surface area contributed by atoms with Crippen molar-refractivity contribution in [2.24, 2.45) is 0 Å². The van der Waals surface area contributed by atoms with Crippen LogP contribution >= 0.6 is 0 Å². The first-order chi connectivity index (χ1) is 14.5. The fourth-order valence-corrected chi connectivity index (χ4v) is 3.00. The molecule has 1 heterocycles. The molecule has 0 fully saturated rings. The van der Waals surface area contributed by atoms with E-state index in [1.807, 2.05) is 31.2 Å². The normalized spacial score (nSPS) is 13.7. The van der Waals surface area contributed by atoms with Crippen LogP contribution in [0.2, 0.25) is 0 Å². The Kier molecular flexibility index (Phi) is 5.30. The van der Waals surface area contributed by atoms with E-state index in [9.17, 15) is 14.0 Å². The van der Waals surface area contributed by atoms with Crippen molar-refractivity contribution in [3.05, 3.63) is 95.0 Å². The number of benzene rings is 3. The second kappa shape index (κ2) is 8.21. The van der Waals surface area contributed by atoms with E-state index in [2.05, 4.69) is 0 Å². The lowest BCUT2D eigenvalue weighted by molar-refractivity contribution is 0.0729. The average Bonchev–Trinajstić information content (AvgIpc) is 3.04. The number of hydrogen-bond donors (Lipinski definition) is 0. The summed E-state index contributed by atoms with van der Waals surface area (Å²) < 4.78 is 30.1. The van der Waals surface area contributed by atoms with Crippen LogP contribution in [0.1, 0.15) is 33.2 Å². The predicted molar refractivity (Wildman–Crippen MR) is 108 cm³/mol. The second-order valence-electron chi connectivity index (χ2n) is 6.47. The highest BCUT2D eigenvalue weighted by Crippen LogP contribution is 2.35. The summed E-state index contributed by atoms with van der Waals surface area (Å²) in [5, 5.41) is 0. The van der Waals surface area contributed by atoms with Crippen molar-refractivity contribution < 1.29 is 28.2 Å². The quantitative estimate of drug-likeness (QED) is 0.338. The van der Waals surface area contributed by atoms with Crippen molar-refractivity contribution in [2.45, 2.75) is 6.92 Å². The van der Waals surface area contributed by atoms with Crippen LogP contribution in [-0.4, -0.2) is 18.4 Å². The van der Waals surface area contributed by atoms with Crippen molar-refractivity contribution in [3.63, 3.8) is 0 Å². The van der Waals surface area contributed by atoms with Crippen molar-refractivity contribution in [3.8, 4) is 17.2 Å². The van der Waals surface area contributed by atoms with Gasteiger partial charge in [0.1, 0.15) is 23.1 Å². The van der Waals surface area contributed by atoms with Crippen LogP contribution in [0.4, 0.5) is 4.39 Å². The molecule has 3 aromatic rings. The van der Waals surface area contributed by atoms with Crippen LogP contribution in [0.15, 0.2) is 72.5 Å². The van der Waals surface area contributed by atoms with Crippen LogP contribution in [-0.2, 0) is 0 Å². The highest BCUT2D eigenvalue weighted by molar-refractivity contribution is 6.14. The Hall–Kier alpha value is -3.93. The molecular formula is C24H17FO5. The topological polar surface area (TPSA) is 61.8 Å². The number of carbonyl (C=O) groups is 2. The Bertz CT molecular complexity index is 1150. The number of hydrogen-bond acceptors (Lipinski definition) is 5. The lowest BCUT2D eigenvalue weighted by Gasteiger charge is -2.06. The smallest absolute Gasteiger partial charge is 0.346 e. The van der Waals surface area contributed by atoms with Crippen molar-refractivity contribution >= 4 is 17.8 Å². The summed E-state index contributed by atoms with van der Waals surface area (Å²) in [5.41, 5.74) is 0.963. The first-order valence-electron chi connectivity index (χ1n) is 9.33.